The number of oxazole rings is 1. The number of aliphatic hydroxyl groups excluding tert-OH is 2. The van der Waals surface area contributed by atoms with Crippen LogP contribution in [0, 0.1) is 36.5 Å². The Balaban J connectivity index is 1.63. The number of rotatable bonds is 2. The molecule has 0 radical (unpaired) electrons. The van der Waals surface area contributed by atoms with Gasteiger partial charge in [-0.2, -0.15) is 0 Å². The number of esters is 1. The molecule has 2 aromatic rings. The molecular formula is C30H39NO7. The van der Waals surface area contributed by atoms with Gasteiger partial charge in [0, 0.05) is 19.8 Å². The summed E-state index contributed by atoms with van der Waals surface area (Å²) >= 11 is 0. The molecule has 38 heavy (non-hydrogen) atoms. The zero-order chi connectivity index (χ0) is 27.8. The Morgan fingerprint density at radius 1 is 1.21 bits per heavy atom. The molecule has 0 bridgehead atoms. The van der Waals surface area contributed by atoms with E-state index in [-0.39, 0.29) is 36.2 Å². The largest absolute Gasteiger partial charge is 0.457 e. The number of fused-ring (bicyclic) bond motifs is 2. The van der Waals surface area contributed by atoms with Crippen molar-refractivity contribution in [2.24, 2.45) is 17.3 Å². The van der Waals surface area contributed by atoms with Crippen LogP contribution < -0.4 is 0 Å². The van der Waals surface area contributed by atoms with Crippen molar-refractivity contribution < 1.29 is 33.7 Å². The van der Waals surface area contributed by atoms with E-state index in [1.54, 1.807) is 26.8 Å². The number of carbonyl (C=O) groups is 2. The number of epoxide rings is 1. The van der Waals surface area contributed by atoms with E-state index in [4.69, 9.17) is 20.3 Å². The molecule has 0 unspecified atom stereocenters. The summed E-state index contributed by atoms with van der Waals surface area (Å²) < 4.78 is 17.6. The number of benzene rings is 1. The van der Waals surface area contributed by atoms with Gasteiger partial charge in [-0.05, 0) is 43.4 Å². The summed E-state index contributed by atoms with van der Waals surface area (Å²) in [7, 11) is 0. The molecule has 8 heteroatoms. The van der Waals surface area contributed by atoms with Crippen molar-refractivity contribution in [3.63, 3.8) is 0 Å². The van der Waals surface area contributed by atoms with E-state index < -0.39 is 35.6 Å². The summed E-state index contributed by atoms with van der Waals surface area (Å²) in [5.41, 5.74) is 0.390. The molecule has 4 rings (SSSR count). The van der Waals surface area contributed by atoms with Crippen LogP contribution in [0.2, 0.25) is 0 Å². The average Bonchev–Trinajstić information content (AvgIpc) is 3.32. The zero-order valence-electron chi connectivity index (χ0n) is 22.9. The first kappa shape index (κ1) is 28.3. The highest BCUT2D eigenvalue weighted by Crippen LogP contribution is 2.47. The van der Waals surface area contributed by atoms with Gasteiger partial charge in [-0.3, -0.25) is 9.59 Å². The molecule has 2 saturated heterocycles. The highest BCUT2D eigenvalue weighted by molar-refractivity contribution is 5.88. The Morgan fingerprint density at radius 2 is 1.95 bits per heavy atom. The molecule has 7 atom stereocenters. The summed E-state index contributed by atoms with van der Waals surface area (Å²) in [6.45, 7) is 8.89. The number of terminal acetylenes is 1. The van der Waals surface area contributed by atoms with Gasteiger partial charge in [0.25, 0.3) is 0 Å². The minimum atomic E-state index is -1.32. The first-order valence-electron chi connectivity index (χ1n) is 13.4. The smallest absolute Gasteiger partial charge is 0.309 e. The lowest BCUT2D eigenvalue weighted by Crippen LogP contribution is -2.46. The number of cyclic esters (lactones) is 1. The maximum Gasteiger partial charge on any atom is 0.309 e. The molecule has 0 spiro atoms. The lowest BCUT2D eigenvalue weighted by Gasteiger charge is -2.35. The molecule has 206 valence electrons. The number of ketones is 1. The molecule has 2 aliphatic rings. The van der Waals surface area contributed by atoms with Crippen LogP contribution in [0.25, 0.3) is 11.1 Å². The van der Waals surface area contributed by atoms with E-state index in [2.05, 4.69) is 10.9 Å². The van der Waals surface area contributed by atoms with E-state index in [0.29, 0.717) is 29.8 Å². The fraction of sp³-hybridized carbons (Fsp3) is 0.633. The van der Waals surface area contributed by atoms with Crippen LogP contribution in [-0.4, -0.2) is 50.9 Å². The van der Waals surface area contributed by atoms with Crippen LogP contribution in [0.3, 0.4) is 0 Å². The first-order chi connectivity index (χ1) is 17.9. The SMILES string of the molecule is C#CC[C@H]1C(=O)C(C)(C)[C@@H](O)CC(=O)O[C@H](c2ccc3oc(C)nc3c2)C[C@@H]2O[C@]2(C)CCC[C@H](C)[C@@H]1O. The van der Waals surface area contributed by atoms with Gasteiger partial charge < -0.3 is 24.1 Å². The summed E-state index contributed by atoms with van der Waals surface area (Å²) in [4.78, 5) is 31.0. The fourth-order valence-electron chi connectivity index (χ4n) is 5.61. The number of nitrogens with zero attached hydrogens (tertiary/aromatic N) is 1. The van der Waals surface area contributed by atoms with Crippen LogP contribution in [0.5, 0.6) is 0 Å². The van der Waals surface area contributed by atoms with Crippen LogP contribution in [0.1, 0.15) is 83.8 Å². The van der Waals surface area contributed by atoms with E-state index in [1.807, 2.05) is 26.0 Å². The molecule has 2 aliphatic heterocycles. The Kier molecular flexibility index (Phi) is 8.04. The van der Waals surface area contributed by atoms with Crippen LogP contribution in [-0.2, 0) is 19.1 Å². The van der Waals surface area contributed by atoms with E-state index in [9.17, 15) is 19.8 Å². The van der Waals surface area contributed by atoms with Gasteiger partial charge in [0.15, 0.2) is 11.5 Å². The molecule has 2 fully saturated rings. The number of aromatic nitrogens is 1. The van der Waals surface area contributed by atoms with Crippen LogP contribution >= 0.6 is 0 Å². The predicted molar refractivity (Wildman–Crippen MR) is 141 cm³/mol. The zero-order valence-corrected chi connectivity index (χ0v) is 22.9. The topological polar surface area (TPSA) is 122 Å². The maximum absolute atomic E-state index is 13.5. The van der Waals surface area contributed by atoms with Gasteiger partial charge in [-0.25, -0.2) is 4.98 Å². The highest BCUT2D eigenvalue weighted by atomic mass is 16.6. The van der Waals surface area contributed by atoms with E-state index in [1.165, 1.54) is 0 Å². The van der Waals surface area contributed by atoms with Gasteiger partial charge in [0.05, 0.1) is 41.7 Å². The summed E-state index contributed by atoms with van der Waals surface area (Å²) in [5, 5.41) is 22.1. The van der Waals surface area contributed by atoms with Gasteiger partial charge in [-0.15, -0.1) is 12.3 Å². The molecule has 2 N–H and O–H groups in total. The average molecular weight is 526 g/mol. The predicted octanol–water partition coefficient (Wildman–Crippen LogP) is 4.43. The number of carbonyl (C=O) groups excluding carboxylic acids is 2. The van der Waals surface area contributed by atoms with Gasteiger partial charge >= 0.3 is 5.97 Å². The van der Waals surface area contributed by atoms with Gasteiger partial charge in [-0.1, -0.05) is 33.3 Å². The van der Waals surface area contributed by atoms with Crippen molar-refractivity contribution in [3.8, 4) is 12.3 Å². The maximum atomic E-state index is 13.5. The number of hydrogen-bond donors (Lipinski definition) is 2. The summed E-state index contributed by atoms with van der Waals surface area (Å²) in [5.74, 6) is 1.05. The highest BCUT2D eigenvalue weighted by Gasteiger charge is 2.53. The second kappa shape index (κ2) is 10.8. The Hall–Kier alpha value is -2.73. The number of Topliss-reactive ketones (excluding diaryl/α,β-unsaturated/α-hetero) is 1. The lowest BCUT2D eigenvalue weighted by molar-refractivity contribution is -0.156. The Labute approximate surface area is 224 Å². The molecule has 0 amide bonds. The lowest BCUT2D eigenvalue weighted by atomic mass is 9.71. The van der Waals surface area contributed by atoms with Gasteiger partial charge in [0.1, 0.15) is 17.4 Å². The molecule has 3 heterocycles. The van der Waals surface area contributed by atoms with Crippen molar-refractivity contribution in [1.29, 1.82) is 0 Å². The summed E-state index contributed by atoms with van der Waals surface area (Å²) in [6.07, 6.45) is 4.94. The summed E-state index contributed by atoms with van der Waals surface area (Å²) in [6, 6.07) is 5.50. The number of aryl methyl sites for hydroxylation is 1. The van der Waals surface area contributed by atoms with Crippen LogP contribution in [0.4, 0.5) is 0 Å². The van der Waals surface area contributed by atoms with Crippen molar-refractivity contribution in [1.82, 2.24) is 4.98 Å². The van der Waals surface area contributed by atoms with Gasteiger partial charge in [0.2, 0.25) is 0 Å². The third-order valence-corrected chi connectivity index (χ3v) is 8.46. The third kappa shape index (κ3) is 5.80. The minimum Gasteiger partial charge on any atom is -0.457 e. The molecule has 0 saturated carbocycles. The number of aliphatic hydroxyl groups is 2. The third-order valence-electron chi connectivity index (χ3n) is 8.46. The van der Waals surface area contributed by atoms with Crippen molar-refractivity contribution in [3.05, 3.63) is 29.7 Å². The Morgan fingerprint density at radius 3 is 2.66 bits per heavy atom. The standard InChI is InChI=1S/C30H39NO7/c1-7-9-20-27(34)17(2)10-8-13-30(6)25(38-30)15-23(19-11-12-22-21(14-19)31-18(3)36-22)37-26(33)16-24(32)29(4,5)28(20)35/h1,11-12,14,17,20,23-25,27,32,34H,8-10,13,15-16H2,2-6H3/t17-,20+,23-,24-,25-,27-,30+/m0/s1. The van der Waals surface area contributed by atoms with Crippen molar-refractivity contribution in [2.45, 2.75) is 103 Å². The molecule has 1 aromatic carbocycles. The molecular weight excluding hydrogens is 486 g/mol. The monoisotopic (exact) mass is 525 g/mol. The van der Waals surface area contributed by atoms with Crippen LogP contribution in [0.15, 0.2) is 22.6 Å². The quantitative estimate of drug-likeness (QED) is 0.335. The molecule has 8 nitrogen and oxygen atoms in total. The second-order valence-corrected chi connectivity index (χ2v) is 11.8. The minimum absolute atomic E-state index is 0.0555. The Bertz CT molecular complexity index is 1230. The van der Waals surface area contributed by atoms with E-state index >= 15 is 0 Å². The van der Waals surface area contributed by atoms with Crippen molar-refractivity contribution >= 4 is 22.9 Å². The van der Waals surface area contributed by atoms with E-state index in [0.717, 1.165) is 18.4 Å². The number of ether oxygens (including phenoxy) is 2. The number of hydrogen-bond acceptors (Lipinski definition) is 8. The first-order valence-corrected chi connectivity index (χ1v) is 13.4. The second-order valence-electron chi connectivity index (χ2n) is 11.8. The molecule has 0 aliphatic carbocycles. The normalized spacial score (nSPS) is 34.8. The molecule has 1 aromatic heterocycles. The van der Waals surface area contributed by atoms with Crippen molar-refractivity contribution in [2.75, 3.05) is 0 Å². The fourth-order valence-corrected chi connectivity index (χ4v) is 5.61.